The Morgan fingerprint density at radius 1 is 1.31 bits per heavy atom. The normalized spacial score (nSPS) is 30.2. The number of rotatable bonds is 5. The maximum Gasteiger partial charge on any atom is 0.309 e. The van der Waals surface area contributed by atoms with Crippen LogP contribution in [-0.4, -0.2) is 11.1 Å². The minimum absolute atomic E-state index is 0.396. The van der Waals surface area contributed by atoms with E-state index in [0.29, 0.717) is 17.8 Å². The van der Waals surface area contributed by atoms with Gasteiger partial charge in [0.15, 0.2) is 0 Å². The van der Waals surface area contributed by atoms with Crippen molar-refractivity contribution in [2.75, 3.05) is 0 Å². The summed E-state index contributed by atoms with van der Waals surface area (Å²) < 4.78 is 0. The maximum atomic E-state index is 11.7. The van der Waals surface area contributed by atoms with E-state index < -0.39 is 11.4 Å². The van der Waals surface area contributed by atoms with Gasteiger partial charge < -0.3 is 5.11 Å². The van der Waals surface area contributed by atoms with Gasteiger partial charge >= 0.3 is 5.97 Å². The summed E-state index contributed by atoms with van der Waals surface area (Å²) in [5.41, 5.74) is -0.418. The lowest BCUT2D eigenvalue weighted by Gasteiger charge is -2.34. The number of carboxylic acids is 1. The van der Waals surface area contributed by atoms with E-state index in [4.69, 9.17) is 0 Å². The van der Waals surface area contributed by atoms with Crippen molar-refractivity contribution in [3.8, 4) is 0 Å². The van der Waals surface area contributed by atoms with E-state index in [1.165, 1.54) is 0 Å². The first-order chi connectivity index (χ1) is 7.38. The van der Waals surface area contributed by atoms with Crippen LogP contribution in [0.25, 0.3) is 0 Å². The molecule has 0 aromatic rings. The highest BCUT2D eigenvalue weighted by Crippen LogP contribution is 2.50. The van der Waals surface area contributed by atoms with Crippen LogP contribution >= 0.6 is 0 Å². The maximum absolute atomic E-state index is 11.7. The molecule has 16 heavy (non-hydrogen) atoms. The van der Waals surface area contributed by atoms with Crippen LogP contribution in [0, 0.1) is 23.2 Å². The Hall–Kier alpha value is -0.530. The first kappa shape index (κ1) is 13.5. The summed E-state index contributed by atoms with van der Waals surface area (Å²) in [5.74, 6) is 0.926. The fourth-order valence-corrected chi connectivity index (χ4v) is 3.42. The van der Waals surface area contributed by atoms with Crippen molar-refractivity contribution in [1.29, 1.82) is 0 Å². The van der Waals surface area contributed by atoms with E-state index >= 15 is 0 Å². The van der Waals surface area contributed by atoms with Gasteiger partial charge in [-0.1, -0.05) is 34.1 Å². The Balaban J connectivity index is 2.85. The monoisotopic (exact) mass is 226 g/mol. The second kappa shape index (κ2) is 5.20. The van der Waals surface area contributed by atoms with E-state index in [9.17, 15) is 9.90 Å². The molecule has 0 saturated heterocycles. The minimum Gasteiger partial charge on any atom is -0.481 e. The third kappa shape index (κ3) is 2.78. The molecule has 1 rings (SSSR count). The van der Waals surface area contributed by atoms with Crippen molar-refractivity contribution in [2.45, 2.75) is 59.8 Å². The largest absolute Gasteiger partial charge is 0.481 e. The molecule has 2 atom stereocenters. The van der Waals surface area contributed by atoms with Crippen molar-refractivity contribution in [3.05, 3.63) is 0 Å². The molecule has 2 nitrogen and oxygen atoms in total. The molecule has 1 N–H and O–H groups in total. The fourth-order valence-electron chi connectivity index (χ4n) is 3.42. The molecule has 0 radical (unpaired) electrons. The second-order valence-corrected chi connectivity index (χ2v) is 6.28. The van der Waals surface area contributed by atoms with Gasteiger partial charge in [0.1, 0.15) is 0 Å². The van der Waals surface area contributed by atoms with Crippen LogP contribution in [0.1, 0.15) is 59.8 Å². The van der Waals surface area contributed by atoms with Crippen LogP contribution in [0.15, 0.2) is 0 Å². The zero-order chi connectivity index (χ0) is 12.3. The standard InChI is InChI=1S/C14H26O2/c1-10(2)8-12-6-5-7-14(12,13(15)16)9-11(3)4/h10-12H,5-9H2,1-4H3,(H,15,16). The van der Waals surface area contributed by atoms with Gasteiger partial charge in [0.2, 0.25) is 0 Å². The van der Waals surface area contributed by atoms with Gasteiger partial charge in [0.25, 0.3) is 0 Å². The quantitative estimate of drug-likeness (QED) is 0.770. The highest BCUT2D eigenvalue weighted by atomic mass is 16.4. The third-order valence-electron chi connectivity index (χ3n) is 3.91. The molecule has 2 heteroatoms. The average Bonchev–Trinajstić information content (AvgIpc) is 2.47. The minimum atomic E-state index is -0.552. The molecule has 0 aliphatic heterocycles. The lowest BCUT2D eigenvalue weighted by Crippen LogP contribution is -2.36. The van der Waals surface area contributed by atoms with E-state index in [1.807, 2.05) is 0 Å². The van der Waals surface area contributed by atoms with Crippen LogP contribution in [-0.2, 0) is 4.79 Å². The summed E-state index contributed by atoms with van der Waals surface area (Å²) in [6.07, 6.45) is 5.00. The Bertz CT molecular complexity index is 245. The van der Waals surface area contributed by atoms with Gasteiger partial charge in [-0.3, -0.25) is 4.79 Å². The predicted octanol–water partition coefficient (Wildman–Crippen LogP) is 3.95. The Kier molecular flexibility index (Phi) is 4.40. The first-order valence-corrected chi connectivity index (χ1v) is 6.62. The molecule has 1 saturated carbocycles. The molecule has 1 fully saturated rings. The van der Waals surface area contributed by atoms with Crippen LogP contribution in [0.4, 0.5) is 0 Å². The number of hydrogen-bond donors (Lipinski definition) is 1. The van der Waals surface area contributed by atoms with Crippen molar-refractivity contribution >= 4 is 5.97 Å². The van der Waals surface area contributed by atoms with Gasteiger partial charge in [0.05, 0.1) is 5.41 Å². The van der Waals surface area contributed by atoms with Crippen molar-refractivity contribution in [3.63, 3.8) is 0 Å². The summed E-state index contributed by atoms with van der Waals surface area (Å²) >= 11 is 0. The molecule has 94 valence electrons. The highest BCUT2D eigenvalue weighted by molar-refractivity contribution is 5.75. The van der Waals surface area contributed by atoms with Crippen molar-refractivity contribution < 1.29 is 9.90 Å². The predicted molar refractivity (Wildman–Crippen MR) is 66.3 cm³/mol. The molecular weight excluding hydrogens is 200 g/mol. The number of carboxylic acid groups (broad SMARTS) is 1. The molecule has 0 bridgehead atoms. The first-order valence-electron chi connectivity index (χ1n) is 6.62. The van der Waals surface area contributed by atoms with Crippen molar-refractivity contribution in [2.24, 2.45) is 23.2 Å². The lowest BCUT2D eigenvalue weighted by atomic mass is 9.69. The molecule has 0 aromatic heterocycles. The van der Waals surface area contributed by atoms with Gasteiger partial charge in [-0.05, 0) is 43.4 Å². The molecule has 0 aromatic carbocycles. The third-order valence-corrected chi connectivity index (χ3v) is 3.91. The molecular formula is C14H26O2. The lowest BCUT2D eigenvalue weighted by molar-refractivity contribution is -0.153. The number of aliphatic carboxylic acids is 1. The highest BCUT2D eigenvalue weighted by Gasteiger charge is 2.48. The Morgan fingerprint density at radius 2 is 1.94 bits per heavy atom. The van der Waals surface area contributed by atoms with Crippen LogP contribution in [0.5, 0.6) is 0 Å². The summed E-state index contributed by atoms with van der Waals surface area (Å²) in [5, 5.41) is 9.60. The number of hydrogen-bond acceptors (Lipinski definition) is 1. The molecule has 0 amide bonds. The zero-order valence-electron chi connectivity index (χ0n) is 11.1. The van der Waals surface area contributed by atoms with E-state index in [2.05, 4.69) is 27.7 Å². The van der Waals surface area contributed by atoms with Gasteiger partial charge in [-0.15, -0.1) is 0 Å². The summed E-state index contributed by atoms with van der Waals surface area (Å²) in [7, 11) is 0. The number of carbonyl (C=O) groups is 1. The Labute approximate surface area is 99.4 Å². The molecule has 1 aliphatic carbocycles. The fraction of sp³-hybridized carbons (Fsp3) is 0.929. The molecule has 2 unspecified atom stereocenters. The van der Waals surface area contributed by atoms with Crippen LogP contribution in [0.2, 0.25) is 0 Å². The van der Waals surface area contributed by atoms with Gasteiger partial charge in [0, 0.05) is 0 Å². The van der Waals surface area contributed by atoms with Crippen LogP contribution < -0.4 is 0 Å². The van der Waals surface area contributed by atoms with Gasteiger partial charge in [-0.2, -0.15) is 0 Å². The van der Waals surface area contributed by atoms with E-state index in [0.717, 1.165) is 32.1 Å². The topological polar surface area (TPSA) is 37.3 Å². The summed E-state index contributed by atoms with van der Waals surface area (Å²) in [6.45, 7) is 8.66. The summed E-state index contributed by atoms with van der Waals surface area (Å²) in [6, 6.07) is 0. The SMILES string of the molecule is CC(C)CC1CCCC1(CC(C)C)C(=O)O. The zero-order valence-corrected chi connectivity index (χ0v) is 11.1. The molecule has 0 heterocycles. The average molecular weight is 226 g/mol. The van der Waals surface area contributed by atoms with Crippen LogP contribution in [0.3, 0.4) is 0 Å². The molecule has 1 aliphatic rings. The van der Waals surface area contributed by atoms with E-state index in [1.54, 1.807) is 0 Å². The second-order valence-electron chi connectivity index (χ2n) is 6.28. The van der Waals surface area contributed by atoms with E-state index in [-0.39, 0.29) is 0 Å². The van der Waals surface area contributed by atoms with Crippen molar-refractivity contribution in [1.82, 2.24) is 0 Å². The summed E-state index contributed by atoms with van der Waals surface area (Å²) in [4.78, 5) is 11.7. The smallest absolute Gasteiger partial charge is 0.309 e. The molecule has 0 spiro atoms. The van der Waals surface area contributed by atoms with Gasteiger partial charge in [-0.25, -0.2) is 0 Å². The Morgan fingerprint density at radius 3 is 2.38 bits per heavy atom.